The number of aromatic nitrogens is 2. The van der Waals surface area contributed by atoms with Crippen LogP contribution in [-0.4, -0.2) is 29.8 Å². The van der Waals surface area contributed by atoms with Crippen molar-refractivity contribution in [2.24, 2.45) is 5.73 Å². The zero-order valence-electron chi connectivity index (χ0n) is 10.5. The van der Waals surface area contributed by atoms with E-state index in [0.29, 0.717) is 10.6 Å². The van der Waals surface area contributed by atoms with Crippen molar-refractivity contribution < 1.29 is 8.42 Å². The summed E-state index contributed by atoms with van der Waals surface area (Å²) in [7, 11) is -3.46. The molecule has 0 fully saturated rings. The van der Waals surface area contributed by atoms with Gasteiger partial charge in [0.2, 0.25) is 0 Å². The summed E-state index contributed by atoms with van der Waals surface area (Å²) in [6.45, 7) is 0.208. The van der Waals surface area contributed by atoms with Gasteiger partial charge in [-0.3, -0.25) is 10.1 Å². The Hall–Kier alpha value is -1.86. The third-order valence-corrected chi connectivity index (χ3v) is 4.58. The molecule has 0 unspecified atom stereocenters. The van der Waals surface area contributed by atoms with Crippen LogP contribution in [0.2, 0.25) is 5.02 Å². The summed E-state index contributed by atoms with van der Waals surface area (Å²) >= 11 is 5.71. The van der Waals surface area contributed by atoms with Crippen molar-refractivity contribution in [3.8, 4) is 0 Å². The van der Waals surface area contributed by atoms with E-state index < -0.39 is 9.84 Å². The quantitative estimate of drug-likeness (QED) is 0.641. The molecule has 0 amide bonds. The fourth-order valence-corrected chi connectivity index (χ4v) is 3.06. The maximum Gasteiger partial charge on any atom is 0.180 e. The Bertz CT molecular complexity index is 739. The SMILES string of the molecule is N=C(N)c1cccc(S(=O)(=O)CCn2cc(Cl)cn2)c1. The number of amidine groups is 1. The van der Waals surface area contributed by atoms with Crippen LogP contribution in [0.4, 0.5) is 0 Å². The van der Waals surface area contributed by atoms with Gasteiger partial charge < -0.3 is 5.73 Å². The predicted octanol–water partition coefficient (Wildman–Crippen LogP) is 1.29. The standard InChI is InChI=1S/C12H13ClN4O2S/c13-10-7-16-17(8-10)4-5-20(18,19)11-3-1-2-9(6-11)12(14)15/h1-3,6-8H,4-5H2,(H3,14,15). The van der Waals surface area contributed by atoms with Crippen molar-refractivity contribution in [2.75, 3.05) is 5.75 Å². The lowest BCUT2D eigenvalue weighted by atomic mass is 10.2. The summed E-state index contributed by atoms with van der Waals surface area (Å²) in [5.74, 6) is -0.271. The first kappa shape index (κ1) is 14.5. The van der Waals surface area contributed by atoms with E-state index in [0.717, 1.165) is 0 Å². The molecular formula is C12H13ClN4O2S. The topological polar surface area (TPSA) is 102 Å². The number of nitrogen functional groups attached to an aromatic ring is 1. The fraction of sp³-hybridized carbons (Fsp3) is 0.167. The van der Waals surface area contributed by atoms with Crippen LogP contribution in [-0.2, 0) is 16.4 Å². The normalized spacial score (nSPS) is 11.4. The summed E-state index contributed by atoms with van der Waals surface area (Å²) in [5, 5.41) is 11.7. The van der Waals surface area contributed by atoms with E-state index >= 15 is 0 Å². The number of benzene rings is 1. The summed E-state index contributed by atoms with van der Waals surface area (Å²) < 4.78 is 25.9. The molecule has 6 nitrogen and oxygen atoms in total. The molecular weight excluding hydrogens is 300 g/mol. The van der Waals surface area contributed by atoms with Crippen molar-refractivity contribution in [3.63, 3.8) is 0 Å². The van der Waals surface area contributed by atoms with E-state index in [9.17, 15) is 8.42 Å². The first-order valence-electron chi connectivity index (χ1n) is 5.74. The average molecular weight is 313 g/mol. The average Bonchev–Trinajstić information content (AvgIpc) is 2.82. The highest BCUT2D eigenvalue weighted by molar-refractivity contribution is 7.91. The molecule has 2 aromatic rings. The largest absolute Gasteiger partial charge is 0.384 e. The number of nitrogens with one attached hydrogen (secondary N) is 1. The van der Waals surface area contributed by atoms with Crippen molar-refractivity contribution >= 4 is 27.3 Å². The summed E-state index contributed by atoms with van der Waals surface area (Å²) in [6.07, 6.45) is 3.01. The number of sulfone groups is 1. The molecule has 0 aliphatic rings. The molecule has 0 aliphatic heterocycles. The van der Waals surface area contributed by atoms with Crippen LogP contribution in [0.1, 0.15) is 5.56 Å². The van der Waals surface area contributed by atoms with Gasteiger partial charge in [0.05, 0.1) is 28.4 Å². The highest BCUT2D eigenvalue weighted by atomic mass is 35.5. The van der Waals surface area contributed by atoms with E-state index in [1.54, 1.807) is 18.3 Å². The zero-order valence-corrected chi connectivity index (χ0v) is 12.0. The molecule has 3 N–H and O–H groups in total. The summed E-state index contributed by atoms with van der Waals surface area (Å²) in [4.78, 5) is 0.142. The Morgan fingerprint density at radius 1 is 1.45 bits per heavy atom. The molecule has 1 aromatic heterocycles. The zero-order chi connectivity index (χ0) is 14.8. The molecule has 0 saturated carbocycles. The van der Waals surface area contributed by atoms with Crippen LogP contribution >= 0.6 is 11.6 Å². The third kappa shape index (κ3) is 3.37. The van der Waals surface area contributed by atoms with E-state index in [1.165, 1.54) is 23.0 Å². The minimum atomic E-state index is -3.46. The fourth-order valence-electron chi connectivity index (χ4n) is 1.65. The van der Waals surface area contributed by atoms with Gasteiger partial charge in [0.25, 0.3) is 0 Å². The number of hydrogen-bond acceptors (Lipinski definition) is 4. The highest BCUT2D eigenvalue weighted by Crippen LogP contribution is 2.14. The highest BCUT2D eigenvalue weighted by Gasteiger charge is 2.15. The van der Waals surface area contributed by atoms with Crippen LogP contribution in [0, 0.1) is 5.41 Å². The van der Waals surface area contributed by atoms with E-state index in [4.69, 9.17) is 22.7 Å². The molecule has 0 aliphatic carbocycles. The second-order valence-electron chi connectivity index (χ2n) is 4.18. The Balaban J connectivity index is 2.17. The van der Waals surface area contributed by atoms with Gasteiger partial charge in [-0.1, -0.05) is 23.7 Å². The summed E-state index contributed by atoms with van der Waals surface area (Å²) in [5.41, 5.74) is 5.74. The number of aryl methyl sites for hydroxylation is 1. The molecule has 0 bridgehead atoms. The second-order valence-corrected chi connectivity index (χ2v) is 6.73. The van der Waals surface area contributed by atoms with Gasteiger partial charge in [-0.2, -0.15) is 5.10 Å². The minimum Gasteiger partial charge on any atom is -0.384 e. The predicted molar refractivity (Wildman–Crippen MR) is 76.7 cm³/mol. The molecule has 0 saturated heterocycles. The Morgan fingerprint density at radius 3 is 2.80 bits per heavy atom. The van der Waals surface area contributed by atoms with Crippen LogP contribution in [0.3, 0.4) is 0 Å². The Morgan fingerprint density at radius 2 is 2.20 bits per heavy atom. The van der Waals surface area contributed by atoms with Gasteiger partial charge in [-0.05, 0) is 12.1 Å². The first-order valence-corrected chi connectivity index (χ1v) is 7.77. The van der Waals surface area contributed by atoms with Gasteiger partial charge in [-0.15, -0.1) is 0 Å². The molecule has 0 radical (unpaired) electrons. The molecule has 2 rings (SSSR count). The molecule has 1 heterocycles. The Labute approximate surface area is 121 Å². The van der Waals surface area contributed by atoms with Crippen molar-refractivity contribution in [1.82, 2.24) is 9.78 Å². The van der Waals surface area contributed by atoms with Crippen LogP contribution in [0.15, 0.2) is 41.6 Å². The van der Waals surface area contributed by atoms with Crippen molar-refractivity contribution in [1.29, 1.82) is 5.41 Å². The van der Waals surface area contributed by atoms with E-state index in [-0.39, 0.29) is 23.0 Å². The number of hydrogen-bond donors (Lipinski definition) is 2. The van der Waals surface area contributed by atoms with Gasteiger partial charge in [0.1, 0.15) is 5.84 Å². The van der Waals surface area contributed by atoms with Gasteiger partial charge in [0, 0.05) is 11.8 Å². The monoisotopic (exact) mass is 312 g/mol. The number of rotatable bonds is 5. The molecule has 20 heavy (non-hydrogen) atoms. The minimum absolute atomic E-state index is 0.105. The number of nitrogens with zero attached hydrogens (tertiary/aromatic N) is 2. The van der Waals surface area contributed by atoms with Crippen LogP contribution < -0.4 is 5.73 Å². The molecule has 0 spiro atoms. The molecule has 8 heteroatoms. The van der Waals surface area contributed by atoms with E-state index in [2.05, 4.69) is 5.10 Å². The maximum atomic E-state index is 12.2. The number of halogens is 1. The lowest BCUT2D eigenvalue weighted by molar-refractivity contribution is 0.580. The molecule has 0 atom stereocenters. The van der Waals surface area contributed by atoms with Gasteiger partial charge >= 0.3 is 0 Å². The lowest BCUT2D eigenvalue weighted by Crippen LogP contribution is -2.15. The van der Waals surface area contributed by atoms with Crippen molar-refractivity contribution in [3.05, 3.63) is 47.2 Å². The van der Waals surface area contributed by atoms with Crippen molar-refractivity contribution in [2.45, 2.75) is 11.4 Å². The third-order valence-electron chi connectivity index (χ3n) is 2.70. The van der Waals surface area contributed by atoms with Gasteiger partial charge in [0.15, 0.2) is 9.84 Å². The smallest absolute Gasteiger partial charge is 0.180 e. The molecule has 106 valence electrons. The second kappa shape index (κ2) is 5.64. The Kier molecular flexibility index (Phi) is 4.10. The van der Waals surface area contributed by atoms with E-state index in [1.807, 2.05) is 0 Å². The first-order chi connectivity index (χ1) is 9.38. The van der Waals surface area contributed by atoms with Crippen LogP contribution in [0.25, 0.3) is 0 Å². The summed E-state index contributed by atoms with van der Waals surface area (Å²) in [6, 6.07) is 6.04. The lowest BCUT2D eigenvalue weighted by Gasteiger charge is -2.06. The number of nitrogens with two attached hydrogens (primary N) is 1. The molecule has 1 aromatic carbocycles. The maximum absolute atomic E-state index is 12.2. The van der Waals surface area contributed by atoms with Crippen LogP contribution in [0.5, 0.6) is 0 Å². The van der Waals surface area contributed by atoms with Gasteiger partial charge in [-0.25, -0.2) is 8.42 Å².